The van der Waals surface area contributed by atoms with E-state index in [1.54, 1.807) is 44.5 Å². The van der Waals surface area contributed by atoms with E-state index in [1.165, 1.54) is 384 Å². The average Bonchev–Trinajstić information content (AvgIpc) is 1.49. The SMILES string of the molecule is CCCCCCCCC1(CCCCCCCC)c2cc(N(c3ccc4c(c3)C(CCCCCCC)(CCCCCCC)c3c5c(c6oc7ccccc7c6c3-4)-c3ccccc3C5(CCCCCCC)CCCCCCC)c3ccc4c(c3)oc3ccccc34)ccc2-c2cc3c(cc21)-c1c(ccc2oc4ccccc4c12)C3(CCCCCCCC)CCCCCCCC. The number of anilines is 3. The highest BCUT2D eigenvalue weighted by Gasteiger charge is 2.55. The Bertz CT molecular complexity index is 5800. The molecule has 17 rings (SSSR count). The van der Waals surface area contributed by atoms with Gasteiger partial charge in [0.2, 0.25) is 0 Å². The fourth-order valence-electron chi connectivity index (χ4n) is 25.9. The van der Waals surface area contributed by atoms with Crippen molar-refractivity contribution in [2.45, 2.75) is 411 Å². The smallest absolute Gasteiger partial charge is 0.144 e. The zero-order chi connectivity index (χ0) is 87.9. The third-order valence-electron chi connectivity index (χ3n) is 32.4. The summed E-state index contributed by atoms with van der Waals surface area (Å²) < 4.78 is 21.9. The quantitative estimate of drug-likeness (QED) is 0.0356. The molecule has 0 N–H and O–H groups in total. The van der Waals surface area contributed by atoms with Crippen molar-refractivity contribution in [3.63, 3.8) is 0 Å². The third-order valence-corrected chi connectivity index (χ3v) is 32.4. The van der Waals surface area contributed by atoms with Crippen LogP contribution in [0.15, 0.2) is 189 Å². The van der Waals surface area contributed by atoms with Gasteiger partial charge in [0, 0.05) is 82.7 Å². The van der Waals surface area contributed by atoms with Gasteiger partial charge < -0.3 is 18.2 Å². The topological polar surface area (TPSA) is 42.7 Å². The van der Waals surface area contributed by atoms with Crippen molar-refractivity contribution in [3.8, 4) is 44.5 Å². The molecule has 0 saturated carbocycles. The average molecular weight is 1710 g/mol. The Morgan fingerprint density at radius 1 is 0.203 bits per heavy atom. The Morgan fingerprint density at radius 2 is 0.539 bits per heavy atom. The van der Waals surface area contributed by atoms with Gasteiger partial charge in [-0.3, -0.25) is 0 Å². The highest BCUT2D eigenvalue weighted by Crippen LogP contribution is 2.69. The molecule has 0 spiro atoms. The molecule has 10 aromatic carbocycles. The summed E-state index contributed by atoms with van der Waals surface area (Å²) in [4.78, 5) is 2.76. The number of hydrogen-bond donors (Lipinski definition) is 0. The molecule has 676 valence electrons. The van der Waals surface area contributed by atoms with E-state index >= 15 is 0 Å². The standard InChI is InChI=1S/C124H157NO3/c1-9-17-25-33-41-53-77-121(78-54-42-34-26-18-10-2)103-75-76-111-114(98-63-47-51-67-109(98)126-111)113(103)101-89-106-100(88-107(101)121)93-72-69-90(85-104(93)122(106,79-55-43-35-27-19-11-3)80-56-44-36-28-20-12-4)125(92-70-73-95-94-61-46-50-66-108(94)127-112(95)87-92)91-71-74-97-105(86-91)124(83-59-39-31-23-15-7,84-60-40-32-24-16-8)118-115(97)116-99-64-48-52-68-110(99)128-120(116)117-96-62-45-49-65-102(96)123(119(117)118,81-57-37-29-21-13-5)82-58-38-30-22-14-6/h45-52,61-76,85-89H,9-44,53-60,77-84H2,1-8H3. The maximum absolute atomic E-state index is 7.74. The van der Waals surface area contributed by atoms with Crippen LogP contribution in [0.2, 0.25) is 0 Å². The maximum Gasteiger partial charge on any atom is 0.144 e. The molecule has 13 aromatic rings. The number of rotatable bonds is 55. The van der Waals surface area contributed by atoms with Crippen LogP contribution in [0, 0.1) is 0 Å². The molecule has 0 atom stereocenters. The highest BCUT2D eigenvalue weighted by atomic mass is 16.3. The minimum Gasteiger partial charge on any atom is -0.456 e. The van der Waals surface area contributed by atoms with E-state index in [4.69, 9.17) is 13.3 Å². The zero-order valence-corrected chi connectivity index (χ0v) is 80.7. The molecular weight excluding hydrogens is 1550 g/mol. The molecule has 4 nitrogen and oxygen atoms in total. The molecule has 3 aromatic heterocycles. The van der Waals surface area contributed by atoms with Gasteiger partial charge in [0.25, 0.3) is 0 Å². The summed E-state index contributed by atoms with van der Waals surface area (Å²) in [7, 11) is 0. The van der Waals surface area contributed by atoms with Crippen LogP contribution >= 0.6 is 0 Å². The fraction of sp³-hybridized carbons (Fsp3) is 0.516. The molecule has 4 aliphatic rings. The van der Waals surface area contributed by atoms with Gasteiger partial charge >= 0.3 is 0 Å². The number of fused-ring (bicyclic) bond motifs is 25. The van der Waals surface area contributed by atoms with Crippen LogP contribution in [-0.2, 0) is 21.7 Å². The molecule has 0 aliphatic heterocycles. The molecule has 128 heavy (non-hydrogen) atoms. The van der Waals surface area contributed by atoms with Crippen LogP contribution in [0.4, 0.5) is 17.1 Å². The number of hydrogen-bond acceptors (Lipinski definition) is 4. The minimum absolute atomic E-state index is 0.129. The second-order valence-electron chi connectivity index (χ2n) is 40.9. The van der Waals surface area contributed by atoms with E-state index in [0.29, 0.717) is 0 Å². The zero-order valence-electron chi connectivity index (χ0n) is 80.7. The normalized spacial score (nSPS) is 14.6. The number of furan rings is 3. The molecule has 0 fully saturated rings. The summed E-state index contributed by atoms with van der Waals surface area (Å²) in [6, 6.07) is 71.3. The Morgan fingerprint density at radius 3 is 1.05 bits per heavy atom. The van der Waals surface area contributed by atoms with Gasteiger partial charge in [-0.15, -0.1) is 0 Å². The van der Waals surface area contributed by atoms with Crippen LogP contribution in [0.25, 0.3) is 110 Å². The van der Waals surface area contributed by atoms with Gasteiger partial charge in [-0.2, -0.15) is 0 Å². The first-order valence-electron chi connectivity index (χ1n) is 53.5. The summed E-state index contributed by atoms with van der Waals surface area (Å²) in [6.45, 7) is 19.1. The first-order valence-corrected chi connectivity index (χ1v) is 53.5. The second kappa shape index (κ2) is 42.7. The molecular formula is C124H157NO3. The van der Waals surface area contributed by atoms with Crippen LogP contribution in [0.3, 0.4) is 0 Å². The van der Waals surface area contributed by atoms with Gasteiger partial charge in [-0.1, -0.05) is 435 Å². The summed E-state index contributed by atoms with van der Waals surface area (Å²) in [6.07, 6.45) is 65.2. The summed E-state index contributed by atoms with van der Waals surface area (Å²) in [5.74, 6) is 0. The molecule has 4 heteroatoms. The van der Waals surface area contributed by atoms with Crippen molar-refractivity contribution >= 4 is 82.9 Å². The van der Waals surface area contributed by atoms with Crippen molar-refractivity contribution in [2.75, 3.05) is 4.90 Å². The van der Waals surface area contributed by atoms with Gasteiger partial charge in [0.1, 0.15) is 33.5 Å². The van der Waals surface area contributed by atoms with Crippen molar-refractivity contribution in [2.24, 2.45) is 0 Å². The summed E-state index contributed by atoms with van der Waals surface area (Å²) in [5, 5.41) is 7.55. The van der Waals surface area contributed by atoms with Crippen LogP contribution in [0.5, 0.6) is 0 Å². The lowest BCUT2D eigenvalue weighted by Gasteiger charge is -2.40. The first-order chi connectivity index (χ1) is 63.2. The van der Waals surface area contributed by atoms with Crippen LogP contribution in [-0.4, -0.2) is 0 Å². The number of unbranched alkanes of at least 4 members (excludes halogenated alkanes) is 36. The predicted molar refractivity (Wildman–Crippen MR) is 553 cm³/mol. The Hall–Kier alpha value is -8.60. The van der Waals surface area contributed by atoms with Crippen molar-refractivity contribution in [1.82, 2.24) is 0 Å². The monoisotopic (exact) mass is 1710 g/mol. The van der Waals surface area contributed by atoms with Crippen LogP contribution in [0.1, 0.15) is 434 Å². The van der Waals surface area contributed by atoms with Crippen molar-refractivity contribution < 1.29 is 13.3 Å². The Kier molecular flexibility index (Phi) is 30.5. The van der Waals surface area contributed by atoms with Crippen LogP contribution < -0.4 is 4.90 Å². The third kappa shape index (κ3) is 17.7. The van der Waals surface area contributed by atoms with Crippen molar-refractivity contribution in [3.05, 3.63) is 220 Å². The molecule has 0 unspecified atom stereocenters. The number of nitrogens with zero attached hydrogens (tertiary/aromatic N) is 1. The highest BCUT2D eigenvalue weighted by molar-refractivity contribution is 6.21. The van der Waals surface area contributed by atoms with E-state index in [9.17, 15) is 0 Å². The van der Waals surface area contributed by atoms with Gasteiger partial charge in [-0.25, -0.2) is 0 Å². The number of para-hydroxylation sites is 3. The second-order valence-corrected chi connectivity index (χ2v) is 40.9. The van der Waals surface area contributed by atoms with E-state index in [1.807, 2.05) is 0 Å². The van der Waals surface area contributed by atoms with Gasteiger partial charge in [0.05, 0.1) is 0 Å². The van der Waals surface area contributed by atoms with Crippen molar-refractivity contribution in [1.29, 1.82) is 0 Å². The van der Waals surface area contributed by atoms with E-state index < -0.39 is 0 Å². The predicted octanol–water partition coefficient (Wildman–Crippen LogP) is 40.4. The molecule has 0 amide bonds. The molecule has 4 aliphatic carbocycles. The van der Waals surface area contributed by atoms with E-state index in [2.05, 4.69) is 236 Å². The Labute approximate surface area is 771 Å². The van der Waals surface area contributed by atoms with E-state index in [-0.39, 0.29) is 21.7 Å². The van der Waals surface area contributed by atoms with E-state index in [0.717, 1.165) is 77.7 Å². The summed E-state index contributed by atoms with van der Waals surface area (Å²) in [5.41, 5.74) is 33.4. The lowest BCUT2D eigenvalue weighted by atomic mass is 9.62. The first kappa shape index (κ1) is 91.3. The lowest BCUT2D eigenvalue weighted by Crippen LogP contribution is -2.33. The lowest BCUT2D eigenvalue weighted by molar-refractivity contribution is 0.369. The maximum atomic E-state index is 7.74. The van der Waals surface area contributed by atoms with Gasteiger partial charge in [-0.05, 0) is 208 Å². The molecule has 0 saturated heterocycles. The minimum atomic E-state index is -0.294. The summed E-state index contributed by atoms with van der Waals surface area (Å²) >= 11 is 0. The number of benzene rings is 10. The Balaban J connectivity index is 0.925. The molecule has 3 heterocycles. The fourth-order valence-corrected chi connectivity index (χ4v) is 25.9. The largest absolute Gasteiger partial charge is 0.456 e. The van der Waals surface area contributed by atoms with Gasteiger partial charge in [0.15, 0.2) is 0 Å². The molecule has 0 radical (unpaired) electrons. The molecule has 0 bridgehead atoms.